The van der Waals surface area contributed by atoms with Crippen molar-refractivity contribution in [3.63, 3.8) is 0 Å². The average molecular weight is 290 g/mol. The van der Waals surface area contributed by atoms with Gasteiger partial charge in [-0.1, -0.05) is 25.0 Å². The molecule has 1 amide bonds. The van der Waals surface area contributed by atoms with Crippen LogP contribution in [-0.4, -0.2) is 30.9 Å². The molecule has 0 radical (unpaired) electrons. The van der Waals surface area contributed by atoms with Crippen LogP contribution in [0.3, 0.4) is 0 Å². The normalized spacial score (nSPS) is 28.2. The summed E-state index contributed by atoms with van der Waals surface area (Å²) in [6, 6.07) is 6.51. The van der Waals surface area contributed by atoms with Crippen molar-refractivity contribution in [3.05, 3.63) is 35.6 Å². The standard InChI is InChI=1S/C17H23FN2O/c1-20(11-13-5-4-7-15(18)9-13)16(21)17-8-3-2-6-14(17)10-19-12-17/h4-5,7,9,14,19H,2-3,6,8,10-12H2,1H3/t14-,17+/m0/s1. The highest BCUT2D eigenvalue weighted by Gasteiger charge is 2.50. The van der Waals surface area contributed by atoms with Crippen LogP contribution in [-0.2, 0) is 11.3 Å². The van der Waals surface area contributed by atoms with Gasteiger partial charge >= 0.3 is 0 Å². The van der Waals surface area contributed by atoms with E-state index in [4.69, 9.17) is 0 Å². The third-order valence-electron chi connectivity index (χ3n) is 5.12. The highest BCUT2D eigenvalue weighted by molar-refractivity contribution is 5.83. The second-order valence-electron chi connectivity index (χ2n) is 6.52. The fourth-order valence-electron chi connectivity index (χ4n) is 4.03. The SMILES string of the molecule is CN(Cc1cccc(F)c1)C(=O)[C@@]12CCCC[C@H]1CNC2. The van der Waals surface area contributed by atoms with Crippen LogP contribution in [0.1, 0.15) is 31.2 Å². The highest BCUT2D eigenvalue weighted by atomic mass is 19.1. The van der Waals surface area contributed by atoms with E-state index in [9.17, 15) is 9.18 Å². The smallest absolute Gasteiger partial charge is 0.230 e. The lowest BCUT2D eigenvalue weighted by atomic mass is 9.67. The van der Waals surface area contributed by atoms with E-state index in [0.717, 1.165) is 37.9 Å². The molecule has 1 saturated heterocycles. The molecule has 3 nitrogen and oxygen atoms in total. The molecule has 1 aromatic carbocycles. The van der Waals surface area contributed by atoms with Crippen LogP contribution >= 0.6 is 0 Å². The van der Waals surface area contributed by atoms with E-state index in [1.165, 1.54) is 18.6 Å². The number of nitrogens with one attached hydrogen (secondary N) is 1. The highest BCUT2D eigenvalue weighted by Crippen LogP contribution is 2.45. The minimum atomic E-state index is -0.246. The average Bonchev–Trinajstić information content (AvgIpc) is 2.91. The Morgan fingerprint density at radius 1 is 1.48 bits per heavy atom. The molecule has 1 aliphatic heterocycles. The Bertz CT molecular complexity index is 533. The summed E-state index contributed by atoms with van der Waals surface area (Å²) < 4.78 is 13.3. The first-order valence-electron chi connectivity index (χ1n) is 7.82. The number of hydrogen-bond donors (Lipinski definition) is 1. The number of benzene rings is 1. The number of carbonyl (C=O) groups is 1. The van der Waals surface area contributed by atoms with Gasteiger partial charge in [0.2, 0.25) is 5.91 Å². The maximum absolute atomic E-state index is 13.3. The topological polar surface area (TPSA) is 32.3 Å². The van der Waals surface area contributed by atoms with Crippen LogP contribution in [0.5, 0.6) is 0 Å². The summed E-state index contributed by atoms with van der Waals surface area (Å²) >= 11 is 0. The van der Waals surface area contributed by atoms with Crippen molar-refractivity contribution in [1.82, 2.24) is 10.2 Å². The van der Waals surface area contributed by atoms with Gasteiger partial charge in [-0.3, -0.25) is 4.79 Å². The van der Waals surface area contributed by atoms with Gasteiger partial charge in [0, 0.05) is 20.1 Å². The van der Waals surface area contributed by atoms with Gasteiger partial charge in [-0.15, -0.1) is 0 Å². The maximum Gasteiger partial charge on any atom is 0.230 e. The minimum Gasteiger partial charge on any atom is -0.341 e. The number of carbonyl (C=O) groups excluding carboxylic acids is 1. The Labute approximate surface area is 125 Å². The lowest BCUT2D eigenvalue weighted by Crippen LogP contribution is -2.48. The molecule has 0 unspecified atom stereocenters. The van der Waals surface area contributed by atoms with E-state index < -0.39 is 0 Å². The Morgan fingerprint density at radius 3 is 3.14 bits per heavy atom. The second kappa shape index (κ2) is 5.76. The molecule has 1 heterocycles. The van der Waals surface area contributed by atoms with Crippen LogP contribution in [0.4, 0.5) is 4.39 Å². The van der Waals surface area contributed by atoms with Gasteiger partial charge in [-0.25, -0.2) is 4.39 Å². The summed E-state index contributed by atoms with van der Waals surface area (Å²) in [7, 11) is 1.84. The molecule has 3 rings (SSSR count). The van der Waals surface area contributed by atoms with Crippen LogP contribution in [0.25, 0.3) is 0 Å². The Morgan fingerprint density at radius 2 is 2.33 bits per heavy atom. The summed E-state index contributed by atoms with van der Waals surface area (Å²) in [4.78, 5) is 14.8. The van der Waals surface area contributed by atoms with Gasteiger partial charge < -0.3 is 10.2 Å². The van der Waals surface area contributed by atoms with Crippen molar-refractivity contribution in [2.24, 2.45) is 11.3 Å². The fourth-order valence-corrected chi connectivity index (χ4v) is 4.03. The summed E-state index contributed by atoms with van der Waals surface area (Å²) in [6.07, 6.45) is 4.50. The van der Waals surface area contributed by atoms with Gasteiger partial charge in [-0.2, -0.15) is 0 Å². The van der Waals surface area contributed by atoms with E-state index in [2.05, 4.69) is 5.32 Å². The zero-order valence-corrected chi connectivity index (χ0v) is 12.6. The Balaban J connectivity index is 1.74. The van der Waals surface area contributed by atoms with Crippen molar-refractivity contribution >= 4 is 5.91 Å². The summed E-state index contributed by atoms with van der Waals surface area (Å²) in [5, 5.41) is 3.41. The monoisotopic (exact) mass is 290 g/mol. The van der Waals surface area contributed by atoms with Crippen molar-refractivity contribution in [3.8, 4) is 0 Å². The predicted octanol–water partition coefficient (Wildman–Crippen LogP) is 2.56. The molecule has 2 fully saturated rings. The molecular weight excluding hydrogens is 267 g/mol. The van der Waals surface area contributed by atoms with E-state index in [1.54, 1.807) is 11.0 Å². The number of amides is 1. The predicted molar refractivity (Wildman–Crippen MR) is 80.1 cm³/mol. The first kappa shape index (κ1) is 14.5. The number of hydrogen-bond acceptors (Lipinski definition) is 2. The van der Waals surface area contributed by atoms with E-state index in [0.29, 0.717) is 12.5 Å². The Kier molecular flexibility index (Phi) is 3.98. The molecule has 1 saturated carbocycles. The zero-order chi connectivity index (χ0) is 14.9. The quantitative estimate of drug-likeness (QED) is 0.928. The third kappa shape index (κ3) is 2.69. The van der Waals surface area contributed by atoms with Crippen LogP contribution in [0, 0.1) is 17.2 Å². The first-order valence-corrected chi connectivity index (χ1v) is 7.82. The van der Waals surface area contributed by atoms with Crippen molar-refractivity contribution in [1.29, 1.82) is 0 Å². The van der Waals surface area contributed by atoms with Crippen LogP contribution in [0.15, 0.2) is 24.3 Å². The molecule has 1 aliphatic carbocycles. The van der Waals surface area contributed by atoms with E-state index in [-0.39, 0.29) is 17.1 Å². The molecule has 0 aromatic heterocycles. The van der Waals surface area contributed by atoms with E-state index >= 15 is 0 Å². The largest absolute Gasteiger partial charge is 0.341 e. The molecule has 0 bridgehead atoms. The van der Waals surface area contributed by atoms with Crippen molar-refractivity contribution < 1.29 is 9.18 Å². The molecule has 4 heteroatoms. The van der Waals surface area contributed by atoms with Crippen LogP contribution in [0.2, 0.25) is 0 Å². The van der Waals surface area contributed by atoms with Crippen LogP contribution < -0.4 is 5.32 Å². The summed E-state index contributed by atoms with van der Waals surface area (Å²) in [5.41, 5.74) is 0.626. The Hall–Kier alpha value is -1.42. The summed E-state index contributed by atoms with van der Waals surface area (Å²) in [5.74, 6) is 0.444. The molecule has 2 aliphatic rings. The number of fused-ring (bicyclic) bond motifs is 1. The van der Waals surface area contributed by atoms with Gasteiger partial charge in [0.05, 0.1) is 5.41 Å². The second-order valence-corrected chi connectivity index (χ2v) is 6.52. The molecular formula is C17H23FN2O. The summed E-state index contributed by atoms with van der Waals surface area (Å²) in [6.45, 7) is 2.23. The molecule has 0 spiro atoms. The molecule has 1 aromatic rings. The fraction of sp³-hybridized carbons (Fsp3) is 0.588. The number of nitrogens with zero attached hydrogens (tertiary/aromatic N) is 1. The first-order chi connectivity index (χ1) is 10.1. The molecule has 114 valence electrons. The number of rotatable bonds is 3. The van der Waals surface area contributed by atoms with E-state index in [1.807, 2.05) is 13.1 Å². The third-order valence-corrected chi connectivity index (χ3v) is 5.12. The van der Waals surface area contributed by atoms with Gasteiger partial charge in [0.1, 0.15) is 5.82 Å². The molecule has 1 N–H and O–H groups in total. The number of halogens is 1. The van der Waals surface area contributed by atoms with Crippen molar-refractivity contribution in [2.75, 3.05) is 20.1 Å². The van der Waals surface area contributed by atoms with Crippen molar-refractivity contribution in [2.45, 2.75) is 32.2 Å². The molecule has 21 heavy (non-hydrogen) atoms. The maximum atomic E-state index is 13.3. The lowest BCUT2D eigenvalue weighted by molar-refractivity contribution is -0.144. The minimum absolute atomic E-state index is 0.222. The van der Waals surface area contributed by atoms with Gasteiger partial charge in [0.25, 0.3) is 0 Å². The zero-order valence-electron chi connectivity index (χ0n) is 12.6. The lowest BCUT2D eigenvalue weighted by Gasteiger charge is -2.39. The van der Waals surface area contributed by atoms with Gasteiger partial charge in [-0.05, 0) is 43.0 Å². The molecule has 2 atom stereocenters. The van der Waals surface area contributed by atoms with Gasteiger partial charge in [0.15, 0.2) is 0 Å².